The summed E-state index contributed by atoms with van der Waals surface area (Å²) in [6, 6.07) is 6.80. The zero-order chi connectivity index (χ0) is 11.5. The predicted molar refractivity (Wildman–Crippen MR) is 69.5 cm³/mol. The van der Waals surface area contributed by atoms with Crippen molar-refractivity contribution in [2.24, 2.45) is 17.6 Å². The minimum Gasteiger partial charge on any atom is -0.330 e. The molecule has 1 fully saturated rings. The van der Waals surface area contributed by atoms with Gasteiger partial charge in [0.25, 0.3) is 0 Å². The van der Waals surface area contributed by atoms with Gasteiger partial charge in [-0.15, -0.1) is 0 Å². The van der Waals surface area contributed by atoms with E-state index in [1.807, 2.05) is 0 Å². The summed E-state index contributed by atoms with van der Waals surface area (Å²) in [6.45, 7) is 5.24. The van der Waals surface area contributed by atoms with Crippen molar-refractivity contribution >= 4 is 0 Å². The van der Waals surface area contributed by atoms with Crippen molar-refractivity contribution < 1.29 is 0 Å². The van der Waals surface area contributed by atoms with E-state index in [2.05, 4.69) is 32.0 Å². The quantitative estimate of drug-likeness (QED) is 0.805. The third-order valence-electron chi connectivity index (χ3n) is 3.81. The Morgan fingerprint density at radius 1 is 1.31 bits per heavy atom. The van der Waals surface area contributed by atoms with Crippen LogP contribution in [0.15, 0.2) is 18.2 Å². The molecule has 1 unspecified atom stereocenters. The van der Waals surface area contributed by atoms with Gasteiger partial charge in [-0.05, 0) is 69.0 Å². The monoisotopic (exact) mass is 217 g/mol. The van der Waals surface area contributed by atoms with E-state index in [9.17, 15) is 0 Å². The topological polar surface area (TPSA) is 26.0 Å². The molecule has 1 saturated carbocycles. The van der Waals surface area contributed by atoms with Crippen LogP contribution in [-0.4, -0.2) is 6.54 Å². The fraction of sp³-hybridized carbons (Fsp3) is 0.600. The Kier molecular flexibility index (Phi) is 3.65. The molecule has 0 amide bonds. The fourth-order valence-corrected chi connectivity index (χ4v) is 2.59. The third-order valence-corrected chi connectivity index (χ3v) is 3.81. The summed E-state index contributed by atoms with van der Waals surface area (Å²) in [4.78, 5) is 0. The molecule has 0 heterocycles. The van der Waals surface area contributed by atoms with E-state index in [1.54, 1.807) is 0 Å². The van der Waals surface area contributed by atoms with Crippen molar-refractivity contribution in [2.45, 2.75) is 39.5 Å². The molecule has 1 nitrogen and oxygen atoms in total. The Balaban J connectivity index is 2.08. The van der Waals surface area contributed by atoms with E-state index in [4.69, 9.17) is 5.73 Å². The Bertz CT molecular complexity index is 352. The summed E-state index contributed by atoms with van der Waals surface area (Å²) in [7, 11) is 0. The maximum absolute atomic E-state index is 5.72. The summed E-state index contributed by atoms with van der Waals surface area (Å²) >= 11 is 0. The molecular formula is C15H23N. The SMILES string of the molecule is Cc1ccc(C)c(CC(CCN)C2CC2)c1. The summed E-state index contributed by atoms with van der Waals surface area (Å²) in [5.41, 5.74) is 10.1. The van der Waals surface area contributed by atoms with Crippen LogP contribution in [0.1, 0.15) is 36.0 Å². The first kappa shape index (κ1) is 11.7. The molecular weight excluding hydrogens is 194 g/mol. The standard InChI is InChI=1S/C15H23N/c1-11-3-4-12(2)15(9-11)10-14(7-8-16)13-5-6-13/h3-4,9,13-14H,5-8,10,16H2,1-2H3. The van der Waals surface area contributed by atoms with E-state index in [0.29, 0.717) is 0 Å². The second kappa shape index (κ2) is 5.01. The maximum atomic E-state index is 5.72. The van der Waals surface area contributed by atoms with E-state index in [1.165, 1.54) is 42.4 Å². The van der Waals surface area contributed by atoms with Gasteiger partial charge >= 0.3 is 0 Å². The van der Waals surface area contributed by atoms with Crippen molar-refractivity contribution in [3.8, 4) is 0 Å². The van der Waals surface area contributed by atoms with Crippen LogP contribution in [-0.2, 0) is 6.42 Å². The van der Waals surface area contributed by atoms with Crippen molar-refractivity contribution in [2.75, 3.05) is 6.54 Å². The first-order valence-electron chi connectivity index (χ1n) is 6.47. The second-order valence-electron chi connectivity index (χ2n) is 5.31. The molecule has 0 spiro atoms. The van der Waals surface area contributed by atoms with E-state index >= 15 is 0 Å². The van der Waals surface area contributed by atoms with Crippen molar-refractivity contribution in [3.05, 3.63) is 34.9 Å². The maximum Gasteiger partial charge on any atom is -0.00744 e. The Labute approximate surface area is 99.0 Å². The Morgan fingerprint density at radius 3 is 2.69 bits per heavy atom. The fourth-order valence-electron chi connectivity index (χ4n) is 2.59. The Hall–Kier alpha value is -0.820. The van der Waals surface area contributed by atoms with Gasteiger partial charge in [0.2, 0.25) is 0 Å². The Morgan fingerprint density at radius 2 is 2.06 bits per heavy atom. The van der Waals surface area contributed by atoms with Gasteiger partial charge < -0.3 is 5.73 Å². The molecule has 2 rings (SSSR count). The highest BCUT2D eigenvalue weighted by Gasteiger charge is 2.30. The van der Waals surface area contributed by atoms with Gasteiger partial charge in [-0.2, -0.15) is 0 Å². The van der Waals surface area contributed by atoms with Gasteiger partial charge in [0, 0.05) is 0 Å². The molecule has 16 heavy (non-hydrogen) atoms. The normalized spacial score (nSPS) is 17.4. The van der Waals surface area contributed by atoms with Crippen LogP contribution in [0, 0.1) is 25.7 Å². The van der Waals surface area contributed by atoms with Crippen molar-refractivity contribution in [1.29, 1.82) is 0 Å². The van der Waals surface area contributed by atoms with Gasteiger partial charge in [-0.25, -0.2) is 0 Å². The van der Waals surface area contributed by atoms with E-state index in [0.717, 1.165) is 18.4 Å². The van der Waals surface area contributed by atoms with E-state index < -0.39 is 0 Å². The summed E-state index contributed by atoms with van der Waals surface area (Å²) in [5, 5.41) is 0. The van der Waals surface area contributed by atoms with Gasteiger partial charge in [0.1, 0.15) is 0 Å². The molecule has 0 aromatic heterocycles. The number of hydrogen-bond acceptors (Lipinski definition) is 1. The lowest BCUT2D eigenvalue weighted by Crippen LogP contribution is -2.14. The third kappa shape index (κ3) is 2.85. The van der Waals surface area contributed by atoms with Crippen LogP contribution < -0.4 is 5.73 Å². The number of aryl methyl sites for hydroxylation is 2. The molecule has 1 aliphatic carbocycles. The van der Waals surface area contributed by atoms with Crippen molar-refractivity contribution in [3.63, 3.8) is 0 Å². The van der Waals surface area contributed by atoms with Crippen molar-refractivity contribution in [1.82, 2.24) is 0 Å². The molecule has 88 valence electrons. The van der Waals surface area contributed by atoms with Gasteiger partial charge in [0.05, 0.1) is 0 Å². The summed E-state index contributed by atoms with van der Waals surface area (Å²) in [6.07, 6.45) is 5.28. The molecule has 1 aromatic rings. The lowest BCUT2D eigenvalue weighted by molar-refractivity contribution is 0.431. The largest absolute Gasteiger partial charge is 0.330 e. The smallest absolute Gasteiger partial charge is 0.00744 e. The molecule has 0 saturated heterocycles. The molecule has 0 bridgehead atoms. The average Bonchev–Trinajstić information content (AvgIpc) is 3.06. The zero-order valence-corrected chi connectivity index (χ0v) is 10.5. The summed E-state index contributed by atoms with van der Waals surface area (Å²) < 4.78 is 0. The first-order chi connectivity index (χ1) is 7.70. The highest BCUT2D eigenvalue weighted by molar-refractivity contribution is 5.31. The van der Waals surface area contributed by atoms with Gasteiger partial charge in [-0.3, -0.25) is 0 Å². The zero-order valence-electron chi connectivity index (χ0n) is 10.5. The molecule has 1 aromatic carbocycles. The van der Waals surface area contributed by atoms with Crippen LogP contribution in [0.25, 0.3) is 0 Å². The first-order valence-corrected chi connectivity index (χ1v) is 6.47. The highest BCUT2D eigenvalue weighted by atomic mass is 14.5. The molecule has 0 aliphatic heterocycles. The van der Waals surface area contributed by atoms with Gasteiger partial charge in [0.15, 0.2) is 0 Å². The van der Waals surface area contributed by atoms with E-state index in [-0.39, 0.29) is 0 Å². The lowest BCUT2D eigenvalue weighted by Gasteiger charge is -2.17. The van der Waals surface area contributed by atoms with Crippen LogP contribution in [0.3, 0.4) is 0 Å². The molecule has 1 aliphatic rings. The summed E-state index contributed by atoms with van der Waals surface area (Å²) in [5.74, 6) is 1.79. The van der Waals surface area contributed by atoms with Gasteiger partial charge in [-0.1, -0.05) is 23.8 Å². The molecule has 0 radical (unpaired) electrons. The number of nitrogens with two attached hydrogens (primary N) is 1. The molecule has 2 N–H and O–H groups in total. The molecule has 1 heteroatoms. The highest BCUT2D eigenvalue weighted by Crippen LogP contribution is 2.40. The average molecular weight is 217 g/mol. The van der Waals surface area contributed by atoms with Crippen LogP contribution >= 0.6 is 0 Å². The lowest BCUT2D eigenvalue weighted by atomic mass is 9.89. The van der Waals surface area contributed by atoms with Crippen LogP contribution in [0.5, 0.6) is 0 Å². The second-order valence-corrected chi connectivity index (χ2v) is 5.31. The minimum absolute atomic E-state index is 0.825. The predicted octanol–water partition coefficient (Wildman–Crippen LogP) is 3.22. The minimum atomic E-state index is 0.825. The number of benzene rings is 1. The van der Waals surface area contributed by atoms with Crippen LogP contribution in [0.2, 0.25) is 0 Å². The number of rotatable bonds is 5. The van der Waals surface area contributed by atoms with Crippen LogP contribution in [0.4, 0.5) is 0 Å². The molecule has 1 atom stereocenters. The number of hydrogen-bond donors (Lipinski definition) is 1.